The number of ether oxygens (including phenoxy) is 1. The van der Waals surface area contributed by atoms with Gasteiger partial charge in [0, 0.05) is 22.7 Å². The molecule has 0 fully saturated rings. The zero-order chi connectivity index (χ0) is 50.0. The quantitative estimate of drug-likeness (QED) is 0.0421. The van der Waals surface area contributed by atoms with Crippen molar-refractivity contribution < 1.29 is 61.4 Å². The lowest BCUT2D eigenvalue weighted by Gasteiger charge is -2.38. The van der Waals surface area contributed by atoms with Crippen molar-refractivity contribution >= 4 is 51.5 Å². The van der Waals surface area contributed by atoms with Crippen molar-refractivity contribution in [3.8, 4) is 45.6 Å². The number of hydrogen-bond acceptors (Lipinski definition) is 14. The molecule has 0 spiro atoms. The molecule has 0 radical (unpaired) electrons. The third kappa shape index (κ3) is 12.6. The topological polar surface area (TPSA) is 336 Å². The first kappa shape index (κ1) is 50.6. The number of benzene rings is 7. The Labute approximate surface area is 377 Å². The number of carboxylic acids is 1. The molecule has 0 heterocycles. The average molecular weight is 935 g/mol. The summed E-state index contributed by atoms with van der Waals surface area (Å²) >= 11 is 0. The third-order valence-corrected chi connectivity index (χ3v) is 9.39. The Morgan fingerprint density at radius 3 is 1.06 bits per heavy atom. The number of phenolic OH excluding ortho intramolecular Hbond substituents is 4. The van der Waals surface area contributed by atoms with Gasteiger partial charge in [-0.1, -0.05) is 24.3 Å². The summed E-state index contributed by atoms with van der Waals surface area (Å²) in [6.07, 6.45) is -11.6. The van der Waals surface area contributed by atoms with Gasteiger partial charge in [0.2, 0.25) is 5.41 Å². The number of halogens is 6. The molecule has 0 bridgehead atoms. The molecular weight excluding hydrogens is 891 g/mol. The minimum Gasteiger partial charge on any atom is -0.506 e. The van der Waals surface area contributed by atoms with Gasteiger partial charge in [0.15, 0.2) is 0 Å². The van der Waals surface area contributed by atoms with Gasteiger partial charge in [-0.3, -0.25) is 0 Å². The lowest BCUT2D eigenvalue weighted by Crippen LogP contribution is -2.54. The van der Waals surface area contributed by atoms with Crippen molar-refractivity contribution in [1.29, 1.82) is 0 Å². The number of aromatic hydroxyl groups is 4. The van der Waals surface area contributed by atoms with E-state index in [1.165, 1.54) is 18.2 Å². The van der Waals surface area contributed by atoms with E-state index in [1.807, 2.05) is 24.3 Å². The van der Waals surface area contributed by atoms with Gasteiger partial charge >= 0.3 is 18.3 Å². The van der Waals surface area contributed by atoms with Crippen LogP contribution in [-0.2, 0) is 5.41 Å². The molecule has 352 valence electrons. The summed E-state index contributed by atoms with van der Waals surface area (Å²) in [4.78, 5) is 10.4. The number of anilines is 8. The first-order valence-electron chi connectivity index (χ1n) is 19.0. The number of carbonyl (C=O) groups is 1. The standard InChI is InChI=1S/C15H12F6N2O2.C12H12N2O2.C12H12N2O.C7H8N2O2/c16-14(17,18)13(15(19,20)21,7-1-3-11(24)9(22)5-7)8-2-4-12(25)10(23)6-8;13-9-3-1-7(5-11(9)15)8-2-4-10(14)12(16)6-8;13-9-1-5-11(6-2-9)15-12-7-3-10(14)4-8-12;8-5-1-4(7(10)11)2-6(9)3-5/h1-6,24-25H,22-23H2;1-6,15-16H,13-14H2;1-8H,13-14H2;1-3H,8-9H2,(H,10,11). The minimum atomic E-state index is -5.82. The summed E-state index contributed by atoms with van der Waals surface area (Å²) in [6.45, 7) is 0. The number of nitrogen functional groups attached to an aromatic ring is 8. The van der Waals surface area contributed by atoms with E-state index in [-0.39, 0.29) is 17.1 Å². The van der Waals surface area contributed by atoms with Crippen LogP contribution < -0.4 is 50.6 Å². The number of carboxylic acid groups (broad SMARTS) is 1. The minimum absolute atomic E-state index is 0.0221. The highest BCUT2D eigenvalue weighted by Gasteiger charge is 2.72. The fourth-order valence-electron chi connectivity index (χ4n) is 6.01. The van der Waals surface area contributed by atoms with E-state index in [1.54, 1.807) is 60.7 Å². The molecular formula is C46H44F6N8O7. The van der Waals surface area contributed by atoms with Crippen LogP contribution in [-0.4, -0.2) is 43.9 Å². The van der Waals surface area contributed by atoms with E-state index in [4.69, 9.17) is 55.7 Å². The summed E-state index contributed by atoms with van der Waals surface area (Å²) in [5.41, 5.74) is 39.6. The Morgan fingerprint density at radius 2 is 0.761 bits per heavy atom. The molecule has 0 aromatic heterocycles. The van der Waals surface area contributed by atoms with Crippen LogP contribution in [0.15, 0.2) is 140 Å². The Kier molecular flexibility index (Phi) is 15.6. The molecule has 0 aliphatic heterocycles. The van der Waals surface area contributed by atoms with E-state index in [0.717, 1.165) is 34.0 Å². The molecule has 7 aromatic rings. The van der Waals surface area contributed by atoms with E-state index in [0.29, 0.717) is 59.1 Å². The highest BCUT2D eigenvalue weighted by molar-refractivity contribution is 5.90. The maximum atomic E-state index is 13.8. The smallest absolute Gasteiger partial charge is 0.411 e. The zero-order valence-electron chi connectivity index (χ0n) is 34.7. The maximum absolute atomic E-state index is 13.8. The van der Waals surface area contributed by atoms with E-state index >= 15 is 0 Å². The van der Waals surface area contributed by atoms with Crippen LogP contribution in [0.4, 0.5) is 71.8 Å². The molecule has 0 atom stereocenters. The number of nitrogens with two attached hydrogens (primary N) is 8. The molecule has 67 heavy (non-hydrogen) atoms. The van der Waals surface area contributed by atoms with Crippen molar-refractivity contribution in [2.75, 3.05) is 45.9 Å². The predicted octanol–water partition coefficient (Wildman–Crippen LogP) is 8.79. The van der Waals surface area contributed by atoms with Crippen LogP contribution in [0.2, 0.25) is 0 Å². The molecule has 15 nitrogen and oxygen atoms in total. The molecule has 0 saturated heterocycles. The van der Waals surface area contributed by atoms with Crippen LogP contribution in [0.5, 0.6) is 34.5 Å². The van der Waals surface area contributed by atoms with Gasteiger partial charge in [-0.05, 0) is 138 Å². The van der Waals surface area contributed by atoms with Crippen LogP contribution in [0, 0.1) is 0 Å². The normalized spacial score (nSPS) is 11.1. The summed E-state index contributed by atoms with van der Waals surface area (Å²) in [7, 11) is 0. The fraction of sp³-hybridized carbons (Fsp3) is 0.0652. The number of alkyl halides is 6. The highest BCUT2D eigenvalue weighted by atomic mass is 19.4. The lowest BCUT2D eigenvalue weighted by molar-refractivity contribution is -0.288. The Balaban J connectivity index is 0.000000204. The van der Waals surface area contributed by atoms with Gasteiger partial charge in [-0.2, -0.15) is 26.3 Å². The van der Waals surface area contributed by atoms with Crippen LogP contribution in [0.1, 0.15) is 21.5 Å². The van der Waals surface area contributed by atoms with Gasteiger partial charge in [-0.15, -0.1) is 0 Å². The van der Waals surface area contributed by atoms with Gasteiger partial charge < -0.3 is 76.1 Å². The summed E-state index contributed by atoms with van der Waals surface area (Å²) < 4.78 is 88.3. The molecule has 7 aromatic carbocycles. The Morgan fingerprint density at radius 1 is 0.403 bits per heavy atom. The third-order valence-electron chi connectivity index (χ3n) is 9.39. The molecule has 21 heteroatoms. The zero-order valence-corrected chi connectivity index (χ0v) is 34.7. The average Bonchev–Trinajstić information content (AvgIpc) is 3.24. The second-order valence-electron chi connectivity index (χ2n) is 14.3. The van der Waals surface area contributed by atoms with Crippen LogP contribution in [0.3, 0.4) is 0 Å². The number of aromatic carboxylic acids is 1. The van der Waals surface area contributed by atoms with Crippen LogP contribution >= 0.6 is 0 Å². The molecule has 0 aliphatic carbocycles. The second kappa shape index (κ2) is 20.7. The van der Waals surface area contributed by atoms with E-state index in [9.17, 15) is 51.6 Å². The lowest BCUT2D eigenvalue weighted by atomic mass is 9.72. The summed E-state index contributed by atoms with van der Waals surface area (Å²) in [6, 6.07) is 31.6. The first-order chi connectivity index (χ1) is 31.2. The largest absolute Gasteiger partial charge is 0.506 e. The van der Waals surface area contributed by atoms with Gasteiger partial charge in [-0.25, -0.2) is 4.79 Å². The second-order valence-corrected chi connectivity index (χ2v) is 14.3. The van der Waals surface area contributed by atoms with Gasteiger partial charge in [0.1, 0.15) is 34.5 Å². The first-order valence-corrected chi connectivity index (χ1v) is 19.0. The van der Waals surface area contributed by atoms with Crippen LogP contribution in [0.25, 0.3) is 11.1 Å². The van der Waals surface area contributed by atoms with Gasteiger partial charge in [0.25, 0.3) is 0 Å². The molecule has 21 N–H and O–H groups in total. The van der Waals surface area contributed by atoms with Crippen molar-refractivity contribution in [3.05, 3.63) is 156 Å². The van der Waals surface area contributed by atoms with Crippen molar-refractivity contribution in [3.63, 3.8) is 0 Å². The number of phenols is 4. The molecule has 0 unspecified atom stereocenters. The maximum Gasteiger partial charge on any atom is 0.411 e. The monoisotopic (exact) mass is 934 g/mol. The molecule has 0 amide bonds. The van der Waals surface area contributed by atoms with Crippen molar-refractivity contribution in [2.45, 2.75) is 17.8 Å². The number of hydrogen-bond donors (Lipinski definition) is 13. The Bertz CT molecular complexity index is 2650. The van der Waals surface area contributed by atoms with Gasteiger partial charge in [0.05, 0.1) is 28.3 Å². The number of rotatable bonds is 6. The van der Waals surface area contributed by atoms with E-state index in [2.05, 4.69) is 0 Å². The van der Waals surface area contributed by atoms with Crippen molar-refractivity contribution in [2.24, 2.45) is 0 Å². The molecule has 7 rings (SSSR count). The fourth-order valence-corrected chi connectivity index (χ4v) is 6.01. The predicted molar refractivity (Wildman–Crippen MR) is 246 cm³/mol. The SMILES string of the molecule is Nc1cc(C(c2ccc(O)c(N)c2)(C(F)(F)F)C(F)(F)F)ccc1O.Nc1cc(N)cc(C(=O)O)c1.Nc1ccc(-c2ccc(N)c(O)c2)cc1O.Nc1ccc(Oc2ccc(N)cc2)cc1. The molecule has 0 saturated carbocycles. The van der Waals surface area contributed by atoms with Crippen molar-refractivity contribution in [1.82, 2.24) is 0 Å². The summed E-state index contributed by atoms with van der Waals surface area (Å²) in [5, 5.41) is 46.1. The summed E-state index contributed by atoms with van der Waals surface area (Å²) in [5.74, 6) is -0.783. The molecule has 0 aliphatic rings. The van der Waals surface area contributed by atoms with E-state index < -0.39 is 57.7 Å². The highest BCUT2D eigenvalue weighted by Crippen LogP contribution is 2.57. The Hall–Kier alpha value is -9.01.